The monoisotopic (exact) mass is 376 g/mol. The molecule has 2 heterocycles. The van der Waals surface area contributed by atoms with Crippen molar-refractivity contribution in [2.24, 2.45) is 0 Å². The summed E-state index contributed by atoms with van der Waals surface area (Å²) in [6, 6.07) is 5.71. The van der Waals surface area contributed by atoms with Gasteiger partial charge in [-0.1, -0.05) is 30.1 Å². The number of nitrogens with zero attached hydrogens (tertiary/aromatic N) is 2. The first-order chi connectivity index (χ1) is 10.9. The summed E-state index contributed by atoms with van der Waals surface area (Å²) < 4.78 is 24.3. The molecule has 0 bridgehead atoms. The van der Waals surface area contributed by atoms with E-state index in [4.69, 9.17) is 23.2 Å². The predicted octanol–water partition coefficient (Wildman–Crippen LogP) is 2.69. The molecule has 1 aromatic rings. The number of halogens is 2. The minimum absolute atomic E-state index is 0.0676. The van der Waals surface area contributed by atoms with E-state index in [1.165, 1.54) is 0 Å². The summed E-state index contributed by atoms with van der Waals surface area (Å²) in [5.74, 6) is 0.538. The first kappa shape index (κ1) is 17.5. The molecule has 2 atom stereocenters. The first-order valence-electron chi connectivity index (χ1n) is 8.01. The van der Waals surface area contributed by atoms with Gasteiger partial charge in [0.1, 0.15) is 0 Å². The highest BCUT2D eigenvalue weighted by atomic mass is 35.5. The largest absolute Gasteiger partial charge is 0.297 e. The lowest BCUT2D eigenvalue weighted by Crippen LogP contribution is -2.58. The second-order valence-corrected chi connectivity index (χ2v) is 9.52. The molecule has 7 heteroatoms. The van der Waals surface area contributed by atoms with Crippen molar-refractivity contribution in [2.75, 3.05) is 31.1 Å². The molecule has 1 aromatic carbocycles. The number of hydrogen-bond donors (Lipinski definition) is 0. The van der Waals surface area contributed by atoms with Crippen LogP contribution in [0.5, 0.6) is 0 Å². The van der Waals surface area contributed by atoms with Crippen LogP contribution >= 0.6 is 23.2 Å². The van der Waals surface area contributed by atoms with Crippen LogP contribution < -0.4 is 0 Å². The number of benzene rings is 1. The Bertz CT molecular complexity index is 660. The molecule has 23 heavy (non-hydrogen) atoms. The van der Waals surface area contributed by atoms with Gasteiger partial charge in [0.2, 0.25) is 0 Å². The van der Waals surface area contributed by atoms with Crippen LogP contribution in [0.1, 0.15) is 18.9 Å². The maximum atomic E-state index is 12.2. The van der Waals surface area contributed by atoms with E-state index >= 15 is 0 Å². The Kier molecular flexibility index (Phi) is 5.24. The van der Waals surface area contributed by atoms with Gasteiger partial charge in [0.15, 0.2) is 9.84 Å². The third-order valence-electron chi connectivity index (χ3n) is 4.72. The SMILES string of the molecule is CCCN1CCN(Cc2cc(Cl)cc(Cl)c2)[C@H]2CS(=O)(=O)C[C@H]21. The second-order valence-electron chi connectivity index (χ2n) is 6.50. The smallest absolute Gasteiger partial charge is 0.153 e. The highest BCUT2D eigenvalue weighted by Gasteiger charge is 2.46. The third-order valence-corrected chi connectivity index (χ3v) is 6.86. The summed E-state index contributed by atoms with van der Waals surface area (Å²) in [5, 5.41) is 1.24. The average molecular weight is 377 g/mol. The van der Waals surface area contributed by atoms with Crippen LogP contribution in [0.15, 0.2) is 18.2 Å². The van der Waals surface area contributed by atoms with E-state index < -0.39 is 9.84 Å². The Morgan fingerprint density at radius 1 is 1.04 bits per heavy atom. The molecule has 0 saturated carbocycles. The zero-order valence-electron chi connectivity index (χ0n) is 13.2. The zero-order valence-corrected chi connectivity index (χ0v) is 15.5. The fourth-order valence-electron chi connectivity index (χ4n) is 3.79. The van der Waals surface area contributed by atoms with Gasteiger partial charge in [-0.3, -0.25) is 9.80 Å². The lowest BCUT2D eigenvalue weighted by atomic mass is 10.0. The van der Waals surface area contributed by atoms with Crippen molar-refractivity contribution >= 4 is 33.0 Å². The van der Waals surface area contributed by atoms with Crippen molar-refractivity contribution in [3.63, 3.8) is 0 Å². The summed E-state index contributed by atoms with van der Waals surface area (Å²) in [4.78, 5) is 4.63. The molecule has 0 aromatic heterocycles. The third kappa shape index (κ3) is 4.02. The standard InChI is InChI=1S/C16H22Cl2N2O2S/c1-2-3-19-4-5-20(16-11-23(21,22)10-15(16)19)9-12-6-13(17)8-14(18)7-12/h6-8,15-16H,2-5,9-11H2,1H3/t15-,16+/m1/s1. The molecule has 3 rings (SSSR count). The van der Waals surface area contributed by atoms with Gasteiger partial charge in [-0.2, -0.15) is 0 Å². The van der Waals surface area contributed by atoms with Crippen LogP contribution in [0.4, 0.5) is 0 Å². The van der Waals surface area contributed by atoms with Gasteiger partial charge < -0.3 is 0 Å². The molecule has 0 amide bonds. The number of rotatable bonds is 4. The Balaban J connectivity index is 1.80. The Hall–Kier alpha value is -0.330. The van der Waals surface area contributed by atoms with Gasteiger partial charge in [0, 0.05) is 41.8 Å². The van der Waals surface area contributed by atoms with Crippen molar-refractivity contribution in [3.8, 4) is 0 Å². The maximum Gasteiger partial charge on any atom is 0.153 e. The molecular weight excluding hydrogens is 355 g/mol. The minimum Gasteiger partial charge on any atom is -0.297 e. The quantitative estimate of drug-likeness (QED) is 0.809. The number of hydrogen-bond acceptors (Lipinski definition) is 4. The second kappa shape index (κ2) is 6.89. The van der Waals surface area contributed by atoms with Crippen LogP contribution in [0.2, 0.25) is 10.0 Å². The zero-order chi connectivity index (χ0) is 16.6. The van der Waals surface area contributed by atoms with Gasteiger partial charge in [-0.25, -0.2) is 8.42 Å². The van der Waals surface area contributed by atoms with E-state index in [1.807, 2.05) is 12.1 Å². The molecule has 2 saturated heterocycles. The summed E-state index contributed by atoms with van der Waals surface area (Å²) in [5.41, 5.74) is 1.04. The molecule has 0 N–H and O–H groups in total. The molecule has 2 aliphatic rings. The molecule has 2 fully saturated rings. The lowest BCUT2D eigenvalue weighted by molar-refractivity contribution is 0.0405. The fourth-order valence-corrected chi connectivity index (χ4v) is 6.41. The van der Waals surface area contributed by atoms with Crippen LogP contribution in [-0.2, 0) is 16.4 Å². The van der Waals surface area contributed by atoms with Crippen molar-refractivity contribution in [2.45, 2.75) is 32.0 Å². The van der Waals surface area contributed by atoms with Gasteiger partial charge >= 0.3 is 0 Å². The normalized spacial score (nSPS) is 28.0. The van der Waals surface area contributed by atoms with Crippen molar-refractivity contribution in [1.82, 2.24) is 9.80 Å². The van der Waals surface area contributed by atoms with Crippen molar-refractivity contribution in [1.29, 1.82) is 0 Å². The van der Waals surface area contributed by atoms with Crippen LogP contribution in [-0.4, -0.2) is 61.4 Å². The Labute approximate surface area is 148 Å². The van der Waals surface area contributed by atoms with E-state index in [-0.39, 0.29) is 23.6 Å². The van der Waals surface area contributed by atoms with Crippen molar-refractivity contribution in [3.05, 3.63) is 33.8 Å². The van der Waals surface area contributed by atoms with Crippen LogP contribution in [0.25, 0.3) is 0 Å². The molecule has 0 radical (unpaired) electrons. The topological polar surface area (TPSA) is 40.6 Å². The van der Waals surface area contributed by atoms with E-state index in [0.29, 0.717) is 16.6 Å². The summed E-state index contributed by atoms with van der Waals surface area (Å²) in [6.45, 7) is 5.59. The van der Waals surface area contributed by atoms with Gasteiger partial charge in [0.25, 0.3) is 0 Å². The average Bonchev–Trinajstić information content (AvgIpc) is 2.76. The molecular formula is C16H22Cl2N2O2S. The summed E-state index contributed by atoms with van der Waals surface area (Å²) in [7, 11) is -2.96. The summed E-state index contributed by atoms with van der Waals surface area (Å²) >= 11 is 12.2. The molecule has 2 aliphatic heterocycles. The minimum atomic E-state index is -2.96. The number of fused-ring (bicyclic) bond motifs is 1. The predicted molar refractivity (Wildman–Crippen MR) is 95.0 cm³/mol. The first-order valence-corrected chi connectivity index (χ1v) is 10.6. The van der Waals surface area contributed by atoms with Gasteiger partial charge in [0.05, 0.1) is 11.5 Å². The van der Waals surface area contributed by atoms with Crippen molar-refractivity contribution < 1.29 is 8.42 Å². The summed E-state index contributed by atoms with van der Waals surface area (Å²) in [6.07, 6.45) is 1.05. The fraction of sp³-hybridized carbons (Fsp3) is 0.625. The highest BCUT2D eigenvalue weighted by Crippen LogP contribution is 2.29. The van der Waals surface area contributed by atoms with Crippen LogP contribution in [0, 0.1) is 0 Å². The van der Waals surface area contributed by atoms with E-state index in [9.17, 15) is 8.42 Å². The Morgan fingerprint density at radius 3 is 2.22 bits per heavy atom. The maximum absolute atomic E-state index is 12.2. The molecule has 0 spiro atoms. The lowest BCUT2D eigenvalue weighted by Gasteiger charge is -2.44. The highest BCUT2D eigenvalue weighted by molar-refractivity contribution is 7.91. The Morgan fingerprint density at radius 2 is 1.61 bits per heavy atom. The molecule has 0 aliphatic carbocycles. The van der Waals surface area contributed by atoms with Crippen LogP contribution in [0.3, 0.4) is 0 Å². The van der Waals surface area contributed by atoms with E-state index in [2.05, 4.69) is 16.7 Å². The molecule has 128 valence electrons. The van der Waals surface area contributed by atoms with Gasteiger partial charge in [-0.05, 0) is 36.7 Å². The molecule has 0 unspecified atom stereocenters. The number of piperazine rings is 1. The van der Waals surface area contributed by atoms with E-state index in [0.717, 1.165) is 31.6 Å². The van der Waals surface area contributed by atoms with E-state index in [1.54, 1.807) is 6.07 Å². The van der Waals surface area contributed by atoms with Gasteiger partial charge in [-0.15, -0.1) is 0 Å². The number of sulfone groups is 1. The molecule has 4 nitrogen and oxygen atoms in total.